The van der Waals surface area contributed by atoms with Crippen molar-refractivity contribution in [1.82, 2.24) is 10.2 Å². The van der Waals surface area contributed by atoms with E-state index in [4.69, 9.17) is 4.74 Å². The van der Waals surface area contributed by atoms with Gasteiger partial charge in [-0.05, 0) is 37.5 Å². The van der Waals surface area contributed by atoms with Gasteiger partial charge in [-0.3, -0.25) is 4.99 Å². The lowest BCUT2D eigenvalue weighted by atomic mass is 10.1. The topological polar surface area (TPSA) is 71.0 Å². The molecular weight excluding hydrogens is 465 g/mol. The Morgan fingerprint density at radius 2 is 2.04 bits per heavy atom. The van der Waals surface area contributed by atoms with Crippen molar-refractivity contribution in [3.05, 3.63) is 29.8 Å². The van der Waals surface area contributed by atoms with Crippen LogP contribution < -0.4 is 5.32 Å². The lowest BCUT2D eigenvalue weighted by molar-refractivity contribution is 0.114. The molecule has 1 N–H and O–H groups in total. The van der Waals surface area contributed by atoms with Crippen molar-refractivity contribution in [2.75, 3.05) is 46.2 Å². The predicted octanol–water partition coefficient (Wildman–Crippen LogP) is 2.18. The number of rotatable bonds is 7. The van der Waals surface area contributed by atoms with Gasteiger partial charge in [-0.2, -0.15) is 0 Å². The van der Waals surface area contributed by atoms with Gasteiger partial charge in [-0.1, -0.05) is 12.1 Å². The Balaban J connectivity index is 0.00000338. The van der Waals surface area contributed by atoms with E-state index in [0.717, 1.165) is 57.2 Å². The molecule has 1 aliphatic heterocycles. The monoisotopic (exact) mass is 495 g/mol. The van der Waals surface area contributed by atoms with Gasteiger partial charge in [-0.25, -0.2) is 8.42 Å². The average molecular weight is 495 g/mol. The summed E-state index contributed by atoms with van der Waals surface area (Å²) in [5, 5.41) is 3.40. The zero-order chi connectivity index (χ0) is 18.3. The summed E-state index contributed by atoms with van der Waals surface area (Å²) in [5.74, 6) is 1.49. The van der Waals surface area contributed by atoms with Crippen molar-refractivity contribution in [3.8, 4) is 0 Å². The van der Waals surface area contributed by atoms with Gasteiger partial charge in [0.15, 0.2) is 15.8 Å². The predicted molar refractivity (Wildman–Crippen MR) is 116 cm³/mol. The van der Waals surface area contributed by atoms with E-state index < -0.39 is 9.84 Å². The molecule has 6 nitrogen and oxygen atoms in total. The highest BCUT2D eigenvalue weighted by molar-refractivity contribution is 14.0. The summed E-state index contributed by atoms with van der Waals surface area (Å²) in [5.41, 5.74) is 1.10. The fraction of sp³-hybridized carbons (Fsp3) is 0.611. The first-order valence-corrected chi connectivity index (χ1v) is 10.7. The average Bonchev–Trinajstić information content (AvgIpc) is 3.05. The van der Waals surface area contributed by atoms with E-state index in [1.165, 1.54) is 6.26 Å². The molecule has 0 saturated carbocycles. The first-order valence-electron chi connectivity index (χ1n) is 8.76. The Labute approximate surface area is 174 Å². The lowest BCUT2D eigenvalue weighted by Crippen LogP contribution is -2.41. The SMILES string of the molecule is CCOCC1CCN(C(=NC)NCCc2ccc(S(C)(=O)=O)cc2)C1.I. The van der Waals surface area contributed by atoms with E-state index in [9.17, 15) is 8.42 Å². The molecule has 1 unspecified atom stereocenters. The third kappa shape index (κ3) is 7.03. The highest BCUT2D eigenvalue weighted by Gasteiger charge is 2.24. The fourth-order valence-corrected chi connectivity index (χ4v) is 3.63. The fourth-order valence-electron chi connectivity index (χ4n) is 3.00. The minimum Gasteiger partial charge on any atom is -0.381 e. The summed E-state index contributed by atoms with van der Waals surface area (Å²) < 4.78 is 28.5. The number of hydrogen-bond acceptors (Lipinski definition) is 4. The van der Waals surface area contributed by atoms with Crippen molar-refractivity contribution < 1.29 is 13.2 Å². The van der Waals surface area contributed by atoms with Gasteiger partial charge in [0.05, 0.1) is 11.5 Å². The number of benzene rings is 1. The summed E-state index contributed by atoms with van der Waals surface area (Å²) in [7, 11) is -1.33. The Morgan fingerprint density at radius 1 is 1.35 bits per heavy atom. The van der Waals surface area contributed by atoms with Crippen LogP contribution in [0.25, 0.3) is 0 Å². The number of likely N-dealkylation sites (tertiary alicyclic amines) is 1. The first kappa shape index (κ1) is 23.2. The highest BCUT2D eigenvalue weighted by atomic mass is 127. The lowest BCUT2D eigenvalue weighted by Gasteiger charge is -2.21. The highest BCUT2D eigenvalue weighted by Crippen LogP contribution is 2.16. The molecule has 1 saturated heterocycles. The molecule has 1 aliphatic rings. The van der Waals surface area contributed by atoms with E-state index in [0.29, 0.717) is 10.8 Å². The van der Waals surface area contributed by atoms with Gasteiger partial charge in [0.2, 0.25) is 0 Å². The van der Waals surface area contributed by atoms with Crippen molar-refractivity contribution in [2.24, 2.45) is 10.9 Å². The molecule has 0 bridgehead atoms. The molecule has 0 aliphatic carbocycles. The number of nitrogens with zero attached hydrogens (tertiary/aromatic N) is 2. The van der Waals surface area contributed by atoms with Crippen LogP contribution in [0.1, 0.15) is 18.9 Å². The van der Waals surface area contributed by atoms with Gasteiger partial charge in [0, 0.05) is 45.5 Å². The maximum atomic E-state index is 11.5. The Bertz CT molecular complexity index is 677. The third-order valence-electron chi connectivity index (χ3n) is 4.40. The van der Waals surface area contributed by atoms with E-state index in [2.05, 4.69) is 15.2 Å². The van der Waals surface area contributed by atoms with Crippen molar-refractivity contribution in [3.63, 3.8) is 0 Å². The second-order valence-electron chi connectivity index (χ2n) is 6.40. The van der Waals surface area contributed by atoms with Gasteiger partial charge in [0.1, 0.15) is 0 Å². The van der Waals surface area contributed by atoms with Crippen LogP contribution in [0.4, 0.5) is 0 Å². The maximum Gasteiger partial charge on any atom is 0.193 e. The molecule has 26 heavy (non-hydrogen) atoms. The Kier molecular flexibility index (Phi) is 9.88. The number of sulfone groups is 1. The molecule has 0 radical (unpaired) electrons. The number of nitrogens with one attached hydrogen (secondary N) is 1. The third-order valence-corrected chi connectivity index (χ3v) is 5.53. The molecule has 1 aromatic carbocycles. The number of guanidine groups is 1. The Morgan fingerprint density at radius 3 is 2.62 bits per heavy atom. The molecule has 1 heterocycles. The molecule has 8 heteroatoms. The number of hydrogen-bond donors (Lipinski definition) is 1. The number of halogens is 1. The maximum absolute atomic E-state index is 11.5. The zero-order valence-electron chi connectivity index (χ0n) is 15.8. The zero-order valence-corrected chi connectivity index (χ0v) is 18.9. The van der Waals surface area contributed by atoms with E-state index in [1.54, 1.807) is 19.2 Å². The van der Waals surface area contributed by atoms with Gasteiger partial charge < -0.3 is 15.0 Å². The molecule has 1 atom stereocenters. The van der Waals surface area contributed by atoms with Crippen LogP contribution in [0, 0.1) is 5.92 Å². The van der Waals surface area contributed by atoms with E-state index in [-0.39, 0.29) is 24.0 Å². The summed E-state index contributed by atoms with van der Waals surface area (Å²) in [6.45, 7) is 6.34. The molecule has 1 aromatic rings. The van der Waals surface area contributed by atoms with Crippen LogP contribution in [-0.2, 0) is 21.0 Å². The largest absolute Gasteiger partial charge is 0.381 e. The quantitative estimate of drug-likeness (QED) is 0.357. The molecule has 2 rings (SSSR count). The number of ether oxygens (including phenoxy) is 1. The molecule has 0 spiro atoms. The van der Waals surface area contributed by atoms with Crippen LogP contribution in [0.2, 0.25) is 0 Å². The van der Waals surface area contributed by atoms with Crippen LogP contribution in [0.5, 0.6) is 0 Å². The van der Waals surface area contributed by atoms with Gasteiger partial charge >= 0.3 is 0 Å². The van der Waals surface area contributed by atoms with Crippen LogP contribution >= 0.6 is 24.0 Å². The summed E-state index contributed by atoms with van der Waals surface area (Å²) >= 11 is 0. The second kappa shape index (κ2) is 11.1. The molecule has 148 valence electrons. The van der Waals surface area contributed by atoms with Crippen molar-refractivity contribution in [2.45, 2.75) is 24.7 Å². The Hall–Kier alpha value is -0.870. The first-order chi connectivity index (χ1) is 11.9. The second-order valence-corrected chi connectivity index (χ2v) is 8.42. The van der Waals surface area contributed by atoms with Crippen LogP contribution in [-0.4, -0.2) is 65.4 Å². The summed E-state index contributed by atoms with van der Waals surface area (Å²) in [6, 6.07) is 7.07. The van der Waals surface area contributed by atoms with Crippen molar-refractivity contribution in [1.29, 1.82) is 0 Å². The van der Waals surface area contributed by atoms with Crippen LogP contribution in [0.15, 0.2) is 34.2 Å². The molecule has 0 aromatic heterocycles. The number of aliphatic imine (C=N–C) groups is 1. The molecule has 0 amide bonds. The minimum absolute atomic E-state index is 0. The van der Waals surface area contributed by atoms with E-state index >= 15 is 0 Å². The standard InChI is InChI=1S/C18H29N3O3S.HI/c1-4-24-14-16-10-12-21(13-16)18(19-2)20-11-9-15-5-7-17(8-6-15)25(3,22)23;/h5-8,16H,4,9-14H2,1-3H3,(H,19,20);1H. The normalized spacial score (nSPS) is 17.9. The summed E-state index contributed by atoms with van der Waals surface area (Å²) in [6.07, 6.45) is 3.18. The van der Waals surface area contributed by atoms with Crippen LogP contribution in [0.3, 0.4) is 0 Å². The molecular formula is C18H30IN3O3S. The summed E-state index contributed by atoms with van der Waals surface area (Å²) in [4.78, 5) is 7.01. The van der Waals surface area contributed by atoms with Gasteiger partial charge in [-0.15, -0.1) is 24.0 Å². The minimum atomic E-state index is -3.13. The van der Waals surface area contributed by atoms with E-state index in [1.807, 2.05) is 19.1 Å². The van der Waals surface area contributed by atoms with Crippen molar-refractivity contribution >= 4 is 39.8 Å². The molecule has 1 fully saturated rings. The van der Waals surface area contributed by atoms with Gasteiger partial charge in [0.25, 0.3) is 0 Å². The smallest absolute Gasteiger partial charge is 0.193 e.